The molecule has 0 aliphatic carbocycles. The molecule has 0 unspecified atom stereocenters. The fourth-order valence-electron chi connectivity index (χ4n) is 1.74. The van der Waals surface area contributed by atoms with Gasteiger partial charge >= 0.3 is 5.97 Å². The van der Waals surface area contributed by atoms with Crippen LogP contribution in [0.15, 0.2) is 12.1 Å². The zero-order valence-electron chi connectivity index (χ0n) is 9.76. The highest BCUT2D eigenvalue weighted by Crippen LogP contribution is 2.34. The highest BCUT2D eigenvalue weighted by Gasteiger charge is 2.15. The molecule has 0 saturated carbocycles. The summed E-state index contributed by atoms with van der Waals surface area (Å²) in [5, 5.41) is 0.621. The van der Waals surface area contributed by atoms with Crippen LogP contribution in [-0.2, 0) is 4.79 Å². The predicted molar refractivity (Wildman–Crippen MR) is 60.9 cm³/mol. The lowest BCUT2D eigenvalue weighted by Gasteiger charge is -2.03. The van der Waals surface area contributed by atoms with Crippen LogP contribution < -0.4 is 9.47 Å². The molecule has 0 bridgehead atoms. The van der Waals surface area contributed by atoms with Gasteiger partial charge in [0.05, 0.1) is 18.3 Å². The number of carbonyl (C=O) groups is 1. The second-order valence-corrected chi connectivity index (χ2v) is 3.71. The first-order valence-corrected chi connectivity index (χ1v) is 5.07. The van der Waals surface area contributed by atoms with E-state index in [0.29, 0.717) is 22.3 Å². The van der Waals surface area contributed by atoms with Gasteiger partial charge in [-0.05, 0) is 13.0 Å². The lowest BCUT2D eigenvalue weighted by Crippen LogP contribution is -2.01. The highest BCUT2D eigenvalue weighted by atomic mass is 19.1. The number of rotatable bonds is 2. The van der Waals surface area contributed by atoms with E-state index < -0.39 is 11.8 Å². The minimum atomic E-state index is -0.462. The van der Waals surface area contributed by atoms with Gasteiger partial charge in [0, 0.05) is 18.4 Å². The Bertz CT molecular complexity index is 589. The lowest BCUT2D eigenvalue weighted by molar-refractivity contribution is -0.131. The summed E-state index contributed by atoms with van der Waals surface area (Å²) in [7, 11) is 1.38. The van der Waals surface area contributed by atoms with E-state index in [9.17, 15) is 9.18 Å². The van der Waals surface area contributed by atoms with Crippen molar-refractivity contribution >= 4 is 16.9 Å². The molecular weight excluding hydrogens is 225 g/mol. The van der Waals surface area contributed by atoms with Crippen LogP contribution >= 0.6 is 0 Å². The van der Waals surface area contributed by atoms with Gasteiger partial charge in [-0.1, -0.05) is 0 Å². The van der Waals surface area contributed by atoms with E-state index in [0.717, 1.165) is 0 Å². The summed E-state index contributed by atoms with van der Waals surface area (Å²) in [6, 6.07) is 2.82. The van der Waals surface area contributed by atoms with Crippen molar-refractivity contribution in [2.24, 2.45) is 0 Å². The Balaban J connectivity index is 2.66. The second-order valence-electron chi connectivity index (χ2n) is 3.71. The maximum Gasteiger partial charge on any atom is 0.308 e. The molecule has 17 heavy (non-hydrogen) atoms. The van der Waals surface area contributed by atoms with Crippen molar-refractivity contribution < 1.29 is 18.7 Å². The quantitative estimate of drug-likeness (QED) is 0.816. The number of nitrogens with one attached hydrogen (secondary N) is 1. The van der Waals surface area contributed by atoms with Crippen LogP contribution in [-0.4, -0.2) is 18.1 Å². The smallest absolute Gasteiger partial charge is 0.308 e. The number of esters is 1. The Morgan fingerprint density at radius 1 is 1.41 bits per heavy atom. The zero-order valence-corrected chi connectivity index (χ0v) is 9.76. The average molecular weight is 237 g/mol. The number of ether oxygens (including phenoxy) is 2. The van der Waals surface area contributed by atoms with Gasteiger partial charge in [0.1, 0.15) is 0 Å². The van der Waals surface area contributed by atoms with E-state index in [1.165, 1.54) is 26.2 Å². The number of fused-ring (bicyclic) bond motifs is 1. The summed E-state index contributed by atoms with van der Waals surface area (Å²) in [5.41, 5.74) is 1.24. The number of hydrogen-bond acceptors (Lipinski definition) is 3. The van der Waals surface area contributed by atoms with Gasteiger partial charge in [-0.15, -0.1) is 0 Å². The number of aromatic amines is 1. The molecule has 4 nitrogen and oxygen atoms in total. The summed E-state index contributed by atoms with van der Waals surface area (Å²) in [6.07, 6.45) is 0. The van der Waals surface area contributed by atoms with Crippen molar-refractivity contribution in [2.75, 3.05) is 7.11 Å². The normalized spacial score (nSPS) is 10.6. The molecule has 5 heteroatoms. The van der Waals surface area contributed by atoms with Crippen molar-refractivity contribution in [2.45, 2.75) is 13.8 Å². The number of halogens is 1. The van der Waals surface area contributed by atoms with E-state index >= 15 is 0 Å². The molecule has 1 heterocycles. The molecule has 2 rings (SSSR count). The first-order valence-electron chi connectivity index (χ1n) is 5.07. The van der Waals surface area contributed by atoms with Crippen LogP contribution in [0.5, 0.6) is 11.5 Å². The van der Waals surface area contributed by atoms with E-state index in [1.807, 2.05) is 0 Å². The van der Waals surface area contributed by atoms with E-state index in [2.05, 4.69) is 4.98 Å². The molecule has 90 valence electrons. The maximum absolute atomic E-state index is 13.5. The number of benzene rings is 1. The van der Waals surface area contributed by atoms with Crippen molar-refractivity contribution in [3.05, 3.63) is 23.6 Å². The molecule has 1 aromatic heterocycles. The maximum atomic E-state index is 13.5. The number of methoxy groups -OCH3 is 1. The summed E-state index contributed by atoms with van der Waals surface area (Å²) >= 11 is 0. The monoisotopic (exact) mass is 237 g/mol. The Labute approximate surface area is 97.3 Å². The Morgan fingerprint density at radius 2 is 2.12 bits per heavy atom. The standard InChI is InChI=1S/C12H12FNO3/c1-6-12(17-7(2)15)8-4-11(16-3)9(13)5-10(8)14-6/h4-5,14H,1-3H3. The van der Waals surface area contributed by atoms with Crippen LogP contribution in [0.25, 0.3) is 10.9 Å². The van der Waals surface area contributed by atoms with Crippen LogP contribution in [0.1, 0.15) is 12.6 Å². The number of aryl methyl sites for hydroxylation is 1. The Morgan fingerprint density at radius 3 is 2.71 bits per heavy atom. The fraction of sp³-hybridized carbons (Fsp3) is 0.250. The van der Waals surface area contributed by atoms with Crippen LogP contribution in [0.2, 0.25) is 0 Å². The number of aromatic nitrogens is 1. The van der Waals surface area contributed by atoms with Gasteiger partial charge in [-0.3, -0.25) is 4.79 Å². The molecule has 0 atom stereocenters. The topological polar surface area (TPSA) is 51.3 Å². The first kappa shape index (κ1) is 11.4. The highest BCUT2D eigenvalue weighted by molar-refractivity contribution is 5.91. The molecule has 0 spiro atoms. The summed E-state index contributed by atoms with van der Waals surface area (Å²) in [5.74, 6) is -0.358. The van der Waals surface area contributed by atoms with Gasteiger partial charge in [0.2, 0.25) is 0 Å². The third-order valence-electron chi connectivity index (χ3n) is 2.45. The largest absolute Gasteiger partial charge is 0.494 e. The molecule has 0 radical (unpaired) electrons. The van der Waals surface area contributed by atoms with Crippen molar-refractivity contribution in [1.29, 1.82) is 0 Å². The van der Waals surface area contributed by atoms with Crippen molar-refractivity contribution in [3.8, 4) is 11.5 Å². The molecular formula is C12H12FNO3. The number of H-pyrrole nitrogens is 1. The third-order valence-corrected chi connectivity index (χ3v) is 2.45. The third kappa shape index (κ3) is 1.95. The van der Waals surface area contributed by atoms with Gasteiger partial charge in [-0.2, -0.15) is 0 Å². The summed E-state index contributed by atoms with van der Waals surface area (Å²) in [4.78, 5) is 13.9. The molecule has 1 aromatic carbocycles. The van der Waals surface area contributed by atoms with Gasteiger partial charge in [0.15, 0.2) is 17.3 Å². The Hall–Kier alpha value is -2.04. The fourth-order valence-corrected chi connectivity index (χ4v) is 1.74. The van der Waals surface area contributed by atoms with E-state index in [1.54, 1.807) is 6.92 Å². The number of hydrogen-bond donors (Lipinski definition) is 1. The predicted octanol–water partition coefficient (Wildman–Crippen LogP) is 2.55. The molecule has 0 saturated heterocycles. The molecule has 0 fully saturated rings. The lowest BCUT2D eigenvalue weighted by atomic mass is 10.2. The van der Waals surface area contributed by atoms with Gasteiger partial charge < -0.3 is 14.5 Å². The second kappa shape index (κ2) is 4.08. The molecule has 2 aromatic rings. The SMILES string of the molecule is COc1cc2c(OC(C)=O)c(C)[nH]c2cc1F. The van der Waals surface area contributed by atoms with E-state index in [4.69, 9.17) is 9.47 Å². The molecule has 0 amide bonds. The minimum absolute atomic E-state index is 0.116. The molecule has 1 N–H and O–H groups in total. The van der Waals surface area contributed by atoms with Crippen LogP contribution in [0.4, 0.5) is 4.39 Å². The first-order chi connectivity index (χ1) is 8.02. The van der Waals surface area contributed by atoms with Crippen LogP contribution in [0, 0.1) is 12.7 Å². The van der Waals surface area contributed by atoms with E-state index in [-0.39, 0.29) is 5.75 Å². The molecule has 0 aliphatic heterocycles. The minimum Gasteiger partial charge on any atom is -0.494 e. The van der Waals surface area contributed by atoms with Crippen molar-refractivity contribution in [3.63, 3.8) is 0 Å². The van der Waals surface area contributed by atoms with Crippen LogP contribution in [0.3, 0.4) is 0 Å². The average Bonchev–Trinajstić information content (AvgIpc) is 2.53. The van der Waals surface area contributed by atoms with Gasteiger partial charge in [-0.25, -0.2) is 4.39 Å². The summed E-state index contributed by atoms with van der Waals surface area (Å²) in [6.45, 7) is 3.07. The molecule has 0 aliphatic rings. The zero-order chi connectivity index (χ0) is 12.6. The Kier molecular flexibility index (Phi) is 2.75. The van der Waals surface area contributed by atoms with Gasteiger partial charge in [0.25, 0.3) is 0 Å². The van der Waals surface area contributed by atoms with Crippen molar-refractivity contribution in [1.82, 2.24) is 4.98 Å². The summed E-state index contributed by atoms with van der Waals surface area (Å²) < 4.78 is 23.5. The number of carbonyl (C=O) groups excluding carboxylic acids is 1.